The first kappa shape index (κ1) is 21.0. The van der Waals surface area contributed by atoms with E-state index in [1.165, 1.54) is 0 Å². The van der Waals surface area contributed by atoms with Gasteiger partial charge in [-0.3, -0.25) is 10.1 Å². The second-order valence-electron chi connectivity index (χ2n) is 7.21. The van der Waals surface area contributed by atoms with Crippen LogP contribution in [-0.2, 0) is 10.2 Å². The Balaban J connectivity index is 1.97. The van der Waals surface area contributed by atoms with E-state index in [1.807, 2.05) is 39.8 Å². The molecule has 0 bridgehead atoms. The predicted molar refractivity (Wildman–Crippen MR) is 113 cm³/mol. The van der Waals surface area contributed by atoms with Crippen molar-refractivity contribution in [2.24, 2.45) is 0 Å². The number of amides is 1. The first-order valence-electron chi connectivity index (χ1n) is 8.39. The maximum Gasteiger partial charge on any atom is 0.264 e. The molecule has 0 heterocycles. The van der Waals surface area contributed by atoms with Crippen LogP contribution in [0.3, 0.4) is 0 Å². The molecular formula is C20H23ClN2O3S. The van der Waals surface area contributed by atoms with E-state index in [0.29, 0.717) is 11.4 Å². The number of carbonyl (C=O) groups excluding carboxylic acids is 1. The van der Waals surface area contributed by atoms with Crippen LogP contribution >= 0.6 is 23.8 Å². The molecule has 0 aliphatic carbocycles. The van der Waals surface area contributed by atoms with Crippen molar-refractivity contribution in [3.05, 3.63) is 52.5 Å². The van der Waals surface area contributed by atoms with E-state index in [0.717, 1.165) is 11.1 Å². The Morgan fingerprint density at radius 1 is 1.22 bits per heavy atom. The summed E-state index contributed by atoms with van der Waals surface area (Å²) in [6, 6.07) is 10.8. The first-order chi connectivity index (χ1) is 12.6. The lowest BCUT2D eigenvalue weighted by Crippen LogP contribution is -2.37. The van der Waals surface area contributed by atoms with Gasteiger partial charge in [-0.25, -0.2) is 0 Å². The summed E-state index contributed by atoms with van der Waals surface area (Å²) in [6.07, 6.45) is 0. The highest BCUT2D eigenvalue weighted by molar-refractivity contribution is 7.80. The van der Waals surface area contributed by atoms with Crippen LogP contribution in [0.4, 0.5) is 5.69 Å². The number of aryl methyl sites for hydroxylation is 1. The molecule has 0 aliphatic rings. The van der Waals surface area contributed by atoms with Gasteiger partial charge in [-0.1, -0.05) is 50.1 Å². The van der Waals surface area contributed by atoms with Crippen molar-refractivity contribution in [1.82, 2.24) is 5.32 Å². The Kier molecular flexibility index (Phi) is 6.68. The van der Waals surface area contributed by atoms with Gasteiger partial charge in [0.1, 0.15) is 5.75 Å². The number of carbonyl (C=O) groups is 1. The molecule has 0 radical (unpaired) electrons. The van der Waals surface area contributed by atoms with Gasteiger partial charge in [0.15, 0.2) is 17.5 Å². The zero-order valence-electron chi connectivity index (χ0n) is 15.7. The summed E-state index contributed by atoms with van der Waals surface area (Å²) in [5.41, 5.74) is 2.19. The Bertz CT molecular complexity index is 846. The zero-order chi connectivity index (χ0) is 20.2. The number of phenols is 1. The van der Waals surface area contributed by atoms with Gasteiger partial charge in [-0.05, 0) is 54.4 Å². The van der Waals surface area contributed by atoms with E-state index in [-0.39, 0.29) is 27.9 Å². The van der Waals surface area contributed by atoms with Crippen LogP contribution in [0.2, 0.25) is 5.02 Å². The fourth-order valence-electron chi connectivity index (χ4n) is 2.23. The smallest absolute Gasteiger partial charge is 0.264 e. The Hall–Kier alpha value is -2.31. The fraction of sp³-hybridized carbons (Fsp3) is 0.300. The minimum absolute atomic E-state index is 0.0462. The summed E-state index contributed by atoms with van der Waals surface area (Å²) in [7, 11) is 0. The number of benzene rings is 2. The summed E-state index contributed by atoms with van der Waals surface area (Å²) < 4.78 is 5.41. The molecule has 0 atom stereocenters. The van der Waals surface area contributed by atoms with E-state index in [4.69, 9.17) is 28.6 Å². The molecule has 0 unspecified atom stereocenters. The molecule has 0 aliphatic heterocycles. The normalized spacial score (nSPS) is 11.0. The number of halogens is 1. The summed E-state index contributed by atoms with van der Waals surface area (Å²) in [6.45, 7) is 7.88. The average molecular weight is 407 g/mol. The van der Waals surface area contributed by atoms with E-state index >= 15 is 0 Å². The molecule has 7 heteroatoms. The van der Waals surface area contributed by atoms with E-state index < -0.39 is 5.91 Å². The van der Waals surface area contributed by atoms with Crippen molar-refractivity contribution in [3.8, 4) is 11.5 Å². The third-order valence-electron chi connectivity index (χ3n) is 3.82. The minimum Gasteiger partial charge on any atom is -0.504 e. The number of hydrogen-bond acceptors (Lipinski definition) is 4. The lowest BCUT2D eigenvalue weighted by atomic mass is 9.87. The standard InChI is InChI=1S/C20H23ClN2O3S/c1-12-5-7-14(8-6-12)26-11-17(24)23-19(27)22-16-10-13(20(2,3)4)9-15(21)18(16)25/h5-10,25H,11H2,1-4H3,(H2,22,23,24,27). The van der Waals surface area contributed by atoms with Gasteiger partial charge < -0.3 is 15.2 Å². The van der Waals surface area contributed by atoms with Crippen molar-refractivity contribution in [2.45, 2.75) is 33.1 Å². The van der Waals surface area contributed by atoms with Crippen LogP contribution < -0.4 is 15.4 Å². The molecular weight excluding hydrogens is 384 g/mol. The van der Waals surface area contributed by atoms with E-state index in [2.05, 4.69) is 10.6 Å². The number of hydrogen-bond donors (Lipinski definition) is 3. The molecule has 0 spiro atoms. The Morgan fingerprint density at radius 2 is 1.85 bits per heavy atom. The number of aromatic hydroxyl groups is 1. The van der Waals surface area contributed by atoms with Crippen molar-refractivity contribution < 1.29 is 14.6 Å². The van der Waals surface area contributed by atoms with Gasteiger partial charge in [0.05, 0.1) is 10.7 Å². The van der Waals surface area contributed by atoms with Crippen LogP contribution in [0, 0.1) is 6.92 Å². The third kappa shape index (κ3) is 6.12. The van der Waals surface area contributed by atoms with Gasteiger partial charge in [-0.15, -0.1) is 0 Å². The quantitative estimate of drug-likeness (QED) is 0.513. The van der Waals surface area contributed by atoms with Gasteiger partial charge in [0.25, 0.3) is 5.91 Å². The predicted octanol–water partition coefficient (Wildman–Crippen LogP) is 4.54. The maximum atomic E-state index is 12.0. The number of rotatable bonds is 4. The largest absolute Gasteiger partial charge is 0.504 e. The molecule has 0 saturated carbocycles. The van der Waals surface area contributed by atoms with Crippen LogP contribution in [-0.4, -0.2) is 22.7 Å². The molecule has 2 aromatic rings. The minimum atomic E-state index is -0.411. The monoisotopic (exact) mass is 406 g/mol. The van der Waals surface area contributed by atoms with Crippen LogP contribution in [0.5, 0.6) is 11.5 Å². The van der Waals surface area contributed by atoms with Crippen LogP contribution in [0.25, 0.3) is 0 Å². The lowest BCUT2D eigenvalue weighted by molar-refractivity contribution is -0.121. The highest BCUT2D eigenvalue weighted by atomic mass is 35.5. The second kappa shape index (κ2) is 8.59. The zero-order valence-corrected chi connectivity index (χ0v) is 17.3. The number of phenolic OH excluding ortho intramolecular Hbond substituents is 1. The third-order valence-corrected chi connectivity index (χ3v) is 4.31. The number of thiocarbonyl (C=S) groups is 1. The summed E-state index contributed by atoms with van der Waals surface area (Å²) in [4.78, 5) is 12.0. The SMILES string of the molecule is Cc1ccc(OCC(=O)NC(=S)Nc2cc(C(C)(C)C)cc(Cl)c2O)cc1. The molecule has 0 fully saturated rings. The molecule has 2 aromatic carbocycles. The van der Waals surface area contributed by atoms with Gasteiger partial charge in [-0.2, -0.15) is 0 Å². The summed E-state index contributed by atoms with van der Waals surface area (Å²) in [5.74, 6) is 0.0553. The van der Waals surface area contributed by atoms with Crippen molar-refractivity contribution in [1.29, 1.82) is 0 Å². The molecule has 5 nitrogen and oxygen atoms in total. The molecule has 3 N–H and O–H groups in total. The Labute approximate surface area is 169 Å². The van der Waals surface area contributed by atoms with Gasteiger partial charge >= 0.3 is 0 Å². The van der Waals surface area contributed by atoms with Gasteiger partial charge in [0.2, 0.25) is 0 Å². The molecule has 0 saturated heterocycles. The maximum absolute atomic E-state index is 12.0. The summed E-state index contributed by atoms with van der Waals surface area (Å²) in [5, 5.41) is 15.7. The molecule has 144 valence electrons. The Morgan fingerprint density at radius 3 is 2.44 bits per heavy atom. The summed E-state index contributed by atoms with van der Waals surface area (Å²) >= 11 is 11.2. The van der Waals surface area contributed by atoms with E-state index in [9.17, 15) is 9.90 Å². The number of nitrogens with one attached hydrogen (secondary N) is 2. The molecule has 2 rings (SSSR count). The van der Waals surface area contributed by atoms with Crippen molar-refractivity contribution >= 4 is 40.5 Å². The topological polar surface area (TPSA) is 70.6 Å². The average Bonchev–Trinajstić information content (AvgIpc) is 2.57. The second-order valence-corrected chi connectivity index (χ2v) is 8.02. The van der Waals surface area contributed by atoms with Crippen LogP contribution in [0.15, 0.2) is 36.4 Å². The first-order valence-corrected chi connectivity index (χ1v) is 9.18. The van der Waals surface area contributed by atoms with Gasteiger partial charge in [0, 0.05) is 0 Å². The van der Waals surface area contributed by atoms with Crippen molar-refractivity contribution in [3.63, 3.8) is 0 Å². The molecule has 1 amide bonds. The number of anilines is 1. The number of ether oxygens (including phenoxy) is 1. The fourth-order valence-corrected chi connectivity index (χ4v) is 2.67. The molecule has 0 aromatic heterocycles. The molecule has 27 heavy (non-hydrogen) atoms. The van der Waals surface area contributed by atoms with E-state index in [1.54, 1.807) is 24.3 Å². The highest BCUT2D eigenvalue weighted by Crippen LogP contribution is 2.37. The highest BCUT2D eigenvalue weighted by Gasteiger charge is 2.19. The van der Waals surface area contributed by atoms with Crippen molar-refractivity contribution in [2.75, 3.05) is 11.9 Å². The van der Waals surface area contributed by atoms with Crippen LogP contribution in [0.1, 0.15) is 31.9 Å². The lowest BCUT2D eigenvalue weighted by Gasteiger charge is -2.21.